The molecule has 0 radical (unpaired) electrons. The van der Waals surface area contributed by atoms with Gasteiger partial charge in [0.1, 0.15) is 11.5 Å². The van der Waals surface area contributed by atoms with Gasteiger partial charge in [0.2, 0.25) is 0 Å². The van der Waals surface area contributed by atoms with E-state index in [4.69, 9.17) is 21.1 Å². The number of H-pyrrole nitrogens is 1. The third-order valence-corrected chi connectivity index (χ3v) is 6.73. The van der Waals surface area contributed by atoms with Crippen molar-refractivity contribution in [2.24, 2.45) is 0 Å². The number of aromatic amines is 1. The largest absolute Gasteiger partial charge is 0.497 e. The molecule has 0 bridgehead atoms. The molecule has 176 valence electrons. The second-order valence-corrected chi connectivity index (χ2v) is 9.12. The molecule has 0 amide bonds. The molecule has 1 aromatic heterocycles. The number of nitrogens with zero attached hydrogens (tertiary/aromatic N) is 2. The molecule has 3 aromatic carbocycles. The summed E-state index contributed by atoms with van der Waals surface area (Å²) in [5.74, 6) is 2.45. The Hall–Kier alpha value is -3.15. The highest BCUT2D eigenvalue weighted by Gasteiger charge is 2.20. The van der Waals surface area contributed by atoms with Crippen molar-refractivity contribution >= 4 is 28.2 Å². The molecule has 4 aromatic rings. The first-order valence-electron chi connectivity index (χ1n) is 11.8. The van der Waals surface area contributed by atoms with E-state index in [2.05, 4.69) is 39.2 Å². The van der Waals surface area contributed by atoms with E-state index in [0.29, 0.717) is 0 Å². The standard InChI is InChI=1S/C28H30ClN3O2/c1-33-23-7-4-8-24(19-23)34-28-10-3-2-9-27(28)32-16-14-31(15-17-32)13-5-6-21-20-30-26-18-22(29)11-12-25(21)26/h2-4,7-12,18-20,30H,5-6,13-17H2,1H3. The first-order chi connectivity index (χ1) is 16.7. The lowest BCUT2D eigenvalue weighted by Crippen LogP contribution is -2.46. The number of rotatable bonds is 8. The molecule has 1 aliphatic heterocycles. The average molecular weight is 476 g/mol. The Kier molecular flexibility index (Phi) is 6.93. The van der Waals surface area contributed by atoms with Crippen LogP contribution in [-0.2, 0) is 6.42 Å². The first kappa shape index (κ1) is 22.6. The monoisotopic (exact) mass is 475 g/mol. The number of hydrogen-bond acceptors (Lipinski definition) is 4. The van der Waals surface area contributed by atoms with Crippen LogP contribution >= 0.6 is 11.6 Å². The van der Waals surface area contributed by atoms with Crippen LogP contribution in [0.15, 0.2) is 72.9 Å². The van der Waals surface area contributed by atoms with Gasteiger partial charge in [-0.15, -0.1) is 0 Å². The zero-order valence-electron chi connectivity index (χ0n) is 19.5. The number of benzene rings is 3. The van der Waals surface area contributed by atoms with Crippen LogP contribution in [0, 0.1) is 0 Å². The quantitative estimate of drug-likeness (QED) is 0.321. The molecule has 1 fully saturated rings. The highest BCUT2D eigenvalue weighted by Crippen LogP contribution is 2.34. The van der Waals surface area contributed by atoms with E-state index in [1.807, 2.05) is 48.5 Å². The molecule has 1 aliphatic rings. The SMILES string of the molecule is COc1cccc(Oc2ccccc2N2CCN(CCCc3c[nH]c4cc(Cl)ccc34)CC2)c1. The van der Waals surface area contributed by atoms with Crippen LogP contribution in [0.25, 0.3) is 10.9 Å². The van der Waals surface area contributed by atoms with Gasteiger partial charge in [0, 0.05) is 54.4 Å². The number of para-hydroxylation sites is 2. The number of piperazine rings is 1. The van der Waals surface area contributed by atoms with Gasteiger partial charge in [-0.25, -0.2) is 0 Å². The molecule has 5 rings (SSSR count). The Morgan fingerprint density at radius 3 is 2.59 bits per heavy atom. The fourth-order valence-electron chi connectivity index (χ4n) is 4.67. The van der Waals surface area contributed by atoms with Gasteiger partial charge < -0.3 is 19.4 Å². The van der Waals surface area contributed by atoms with Crippen LogP contribution in [-0.4, -0.2) is 49.7 Å². The molecule has 0 spiro atoms. The van der Waals surface area contributed by atoms with Gasteiger partial charge in [-0.1, -0.05) is 35.9 Å². The van der Waals surface area contributed by atoms with Gasteiger partial charge in [0.05, 0.1) is 12.8 Å². The fourth-order valence-corrected chi connectivity index (χ4v) is 4.84. The van der Waals surface area contributed by atoms with E-state index in [9.17, 15) is 0 Å². The molecule has 2 heterocycles. The summed E-state index contributed by atoms with van der Waals surface area (Å²) in [4.78, 5) is 8.34. The minimum Gasteiger partial charge on any atom is -0.497 e. The minimum absolute atomic E-state index is 0.772. The Bertz CT molecular complexity index is 1250. The molecular weight excluding hydrogens is 446 g/mol. The van der Waals surface area contributed by atoms with Crippen molar-refractivity contribution in [3.63, 3.8) is 0 Å². The number of methoxy groups -OCH3 is 1. The number of halogens is 1. The van der Waals surface area contributed by atoms with E-state index >= 15 is 0 Å². The van der Waals surface area contributed by atoms with Gasteiger partial charge in [0.25, 0.3) is 0 Å². The molecule has 1 N–H and O–H groups in total. The van der Waals surface area contributed by atoms with Crippen LogP contribution in [0.1, 0.15) is 12.0 Å². The summed E-state index contributed by atoms with van der Waals surface area (Å²) >= 11 is 6.11. The Morgan fingerprint density at radius 1 is 0.912 bits per heavy atom. The highest BCUT2D eigenvalue weighted by molar-refractivity contribution is 6.31. The summed E-state index contributed by atoms with van der Waals surface area (Å²) in [7, 11) is 1.67. The molecule has 0 saturated carbocycles. The number of fused-ring (bicyclic) bond motifs is 1. The lowest BCUT2D eigenvalue weighted by molar-refractivity contribution is 0.254. The average Bonchev–Trinajstić information content (AvgIpc) is 3.27. The zero-order valence-corrected chi connectivity index (χ0v) is 20.2. The van der Waals surface area contributed by atoms with E-state index in [1.54, 1.807) is 7.11 Å². The van der Waals surface area contributed by atoms with Crippen LogP contribution in [0.4, 0.5) is 5.69 Å². The van der Waals surface area contributed by atoms with Gasteiger partial charge in [-0.05, 0) is 61.3 Å². The van der Waals surface area contributed by atoms with E-state index in [1.165, 1.54) is 10.9 Å². The van der Waals surface area contributed by atoms with Crippen molar-refractivity contribution in [2.75, 3.05) is 44.7 Å². The van der Waals surface area contributed by atoms with E-state index in [-0.39, 0.29) is 0 Å². The zero-order chi connectivity index (χ0) is 23.3. The normalized spacial score (nSPS) is 14.5. The van der Waals surface area contributed by atoms with Crippen LogP contribution < -0.4 is 14.4 Å². The number of aryl methyl sites for hydroxylation is 1. The lowest BCUT2D eigenvalue weighted by Gasteiger charge is -2.36. The Balaban J connectivity index is 1.15. The van der Waals surface area contributed by atoms with Crippen LogP contribution in [0.3, 0.4) is 0 Å². The van der Waals surface area contributed by atoms with Gasteiger partial charge >= 0.3 is 0 Å². The molecule has 1 saturated heterocycles. The fraction of sp³-hybridized carbons (Fsp3) is 0.286. The van der Waals surface area contributed by atoms with Gasteiger partial charge in [-0.2, -0.15) is 0 Å². The number of nitrogens with one attached hydrogen (secondary N) is 1. The third-order valence-electron chi connectivity index (χ3n) is 6.50. The first-order valence-corrected chi connectivity index (χ1v) is 12.2. The van der Waals surface area contributed by atoms with Gasteiger partial charge in [-0.3, -0.25) is 4.90 Å². The van der Waals surface area contributed by atoms with Crippen molar-refractivity contribution in [1.82, 2.24) is 9.88 Å². The van der Waals surface area contributed by atoms with Crippen molar-refractivity contribution in [3.8, 4) is 17.2 Å². The summed E-state index contributed by atoms with van der Waals surface area (Å²) < 4.78 is 11.6. The third kappa shape index (κ3) is 5.16. The lowest BCUT2D eigenvalue weighted by atomic mass is 10.1. The number of ether oxygens (including phenoxy) is 2. The summed E-state index contributed by atoms with van der Waals surface area (Å²) in [5.41, 5.74) is 3.63. The smallest absolute Gasteiger partial charge is 0.150 e. The molecule has 0 unspecified atom stereocenters. The second-order valence-electron chi connectivity index (χ2n) is 8.68. The summed E-state index contributed by atoms with van der Waals surface area (Å²) in [6, 6.07) is 22.1. The summed E-state index contributed by atoms with van der Waals surface area (Å²) in [6.45, 7) is 5.19. The topological polar surface area (TPSA) is 40.7 Å². The predicted octanol–water partition coefficient (Wildman–Crippen LogP) is 6.38. The molecule has 6 heteroatoms. The molecule has 34 heavy (non-hydrogen) atoms. The molecule has 5 nitrogen and oxygen atoms in total. The minimum atomic E-state index is 0.772. The van der Waals surface area contributed by atoms with Crippen molar-refractivity contribution in [2.45, 2.75) is 12.8 Å². The number of aromatic nitrogens is 1. The molecular formula is C28H30ClN3O2. The molecule has 0 aliphatic carbocycles. The number of anilines is 1. The number of hydrogen-bond donors (Lipinski definition) is 1. The second kappa shape index (κ2) is 10.4. The van der Waals surface area contributed by atoms with Crippen molar-refractivity contribution < 1.29 is 9.47 Å². The van der Waals surface area contributed by atoms with Crippen molar-refractivity contribution in [3.05, 3.63) is 83.5 Å². The van der Waals surface area contributed by atoms with Crippen LogP contribution in [0.5, 0.6) is 17.2 Å². The predicted molar refractivity (Wildman–Crippen MR) is 140 cm³/mol. The maximum absolute atomic E-state index is 6.23. The Labute approximate surface area is 205 Å². The van der Waals surface area contributed by atoms with E-state index < -0.39 is 0 Å². The van der Waals surface area contributed by atoms with Crippen molar-refractivity contribution in [1.29, 1.82) is 0 Å². The maximum Gasteiger partial charge on any atom is 0.150 e. The maximum atomic E-state index is 6.23. The van der Waals surface area contributed by atoms with Crippen LogP contribution in [0.2, 0.25) is 5.02 Å². The molecule has 0 atom stereocenters. The highest BCUT2D eigenvalue weighted by atomic mass is 35.5. The van der Waals surface area contributed by atoms with Gasteiger partial charge in [0.15, 0.2) is 5.75 Å². The Morgan fingerprint density at radius 2 is 1.74 bits per heavy atom. The summed E-state index contributed by atoms with van der Waals surface area (Å²) in [5, 5.41) is 2.05. The summed E-state index contributed by atoms with van der Waals surface area (Å²) in [6.07, 6.45) is 4.34. The van der Waals surface area contributed by atoms with E-state index in [0.717, 1.165) is 79.0 Å².